The quantitative estimate of drug-likeness (QED) is 0.739. The molecular weight excluding hydrogens is 316 g/mol. The van der Waals surface area contributed by atoms with Crippen LogP contribution in [0, 0.1) is 11.6 Å². The van der Waals surface area contributed by atoms with E-state index in [1.54, 1.807) is 0 Å². The van der Waals surface area contributed by atoms with E-state index < -0.39 is 11.6 Å². The number of hydrogen-bond acceptors (Lipinski definition) is 5. The molecule has 2 aromatic carbocycles. The number of aromatic nitrogens is 2. The van der Waals surface area contributed by atoms with Gasteiger partial charge in [-0.05, 0) is 49.4 Å². The van der Waals surface area contributed by atoms with Gasteiger partial charge in [0.05, 0.1) is 18.8 Å². The molecule has 0 aliphatic rings. The van der Waals surface area contributed by atoms with Gasteiger partial charge in [0, 0.05) is 5.56 Å². The largest absolute Gasteiger partial charge is 0.494 e. The fraction of sp³-hybridized carbons (Fsp3) is 0.176. The minimum absolute atomic E-state index is 0.0378. The highest BCUT2D eigenvalue weighted by Gasteiger charge is 2.10. The molecule has 0 saturated heterocycles. The van der Waals surface area contributed by atoms with Crippen molar-refractivity contribution >= 4 is 5.69 Å². The number of anilines is 1. The fourth-order valence-corrected chi connectivity index (χ4v) is 2.11. The molecule has 3 rings (SSSR count). The predicted octanol–water partition coefficient (Wildman–Crippen LogP) is 4.03. The van der Waals surface area contributed by atoms with E-state index in [0.717, 1.165) is 29.5 Å². The molecule has 124 valence electrons. The van der Waals surface area contributed by atoms with Crippen LogP contribution >= 0.6 is 0 Å². The molecule has 1 heterocycles. The molecule has 5 nitrogen and oxygen atoms in total. The topological polar surface area (TPSA) is 60.2 Å². The second-order valence-corrected chi connectivity index (χ2v) is 4.95. The molecule has 0 fully saturated rings. The molecule has 0 saturated carbocycles. The zero-order chi connectivity index (χ0) is 16.9. The molecule has 3 aromatic rings. The van der Waals surface area contributed by atoms with E-state index >= 15 is 0 Å². The maximum Gasteiger partial charge on any atom is 0.246 e. The minimum atomic E-state index is -0.553. The van der Waals surface area contributed by atoms with Crippen LogP contribution < -0.4 is 10.1 Å². The first-order valence-corrected chi connectivity index (χ1v) is 7.40. The molecule has 0 atom stereocenters. The Bertz CT molecular complexity index is 819. The number of nitrogens with one attached hydrogen (secondary N) is 1. The fourth-order valence-electron chi connectivity index (χ4n) is 2.11. The highest BCUT2D eigenvalue weighted by Crippen LogP contribution is 2.21. The molecule has 0 radical (unpaired) electrons. The van der Waals surface area contributed by atoms with Gasteiger partial charge in [0.1, 0.15) is 17.4 Å². The van der Waals surface area contributed by atoms with E-state index in [4.69, 9.17) is 9.26 Å². The number of halogens is 2. The first-order chi connectivity index (χ1) is 11.7. The van der Waals surface area contributed by atoms with Gasteiger partial charge in [-0.15, -0.1) is 0 Å². The van der Waals surface area contributed by atoms with Crippen molar-refractivity contribution in [1.82, 2.24) is 10.1 Å². The second kappa shape index (κ2) is 7.08. The maximum absolute atomic E-state index is 13.5. The van der Waals surface area contributed by atoms with E-state index in [1.807, 2.05) is 31.2 Å². The summed E-state index contributed by atoms with van der Waals surface area (Å²) in [7, 11) is 0. The van der Waals surface area contributed by atoms with Gasteiger partial charge in [-0.2, -0.15) is 4.98 Å². The monoisotopic (exact) mass is 331 g/mol. The molecule has 24 heavy (non-hydrogen) atoms. The van der Waals surface area contributed by atoms with Crippen molar-refractivity contribution in [2.45, 2.75) is 13.5 Å². The van der Waals surface area contributed by atoms with Gasteiger partial charge in [-0.25, -0.2) is 8.78 Å². The number of hydrogen-bond donors (Lipinski definition) is 1. The van der Waals surface area contributed by atoms with Crippen molar-refractivity contribution in [3.8, 4) is 17.1 Å². The summed E-state index contributed by atoms with van der Waals surface area (Å²) < 4.78 is 37.1. The lowest BCUT2D eigenvalue weighted by atomic mass is 10.2. The average Bonchev–Trinajstić information content (AvgIpc) is 3.06. The van der Waals surface area contributed by atoms with Crippen LogP contribution in [0.25, 0.3) is 11.4 Å². The van der Waals surface area contributed by atoms with E-state index in [2.05, 4.69) is 15.5 Å². The van der Waals surface area contributed by atoms with Gasteiger partial charge in [0.15, 0.2) is 0 Å². The summed E-state index contributed by atoms with van der Waals surface area (Å²) in [6.07, 6.45) is 0. The van der Waals surface area contributed by atoms with Crippen LogP contribution in [-0.2, 0) is 6.54 Å². The van der Waals surface area contributed by atoms with Crippen molar-refractivity contribution < 1.29 is 18.0 Å². The van der Waals surface area contributed by atoms with Crippen molar-refractivity contribution in [3.05, 3.63) is 60.0 Å². The molecule has 1 aromatic heterocycles. The van der Waals surface area contributed by atoms with Gasteiger partial charge >= 0.3 is 0 Å². The Morgan fingerprint density at radius 2 is 1.92 bits per heavy atom. The van der Waals surface area contributed by atoms with Crippen LogP contribution in [0.2, 0.25) is 0 Å². The smallest absolute Gasteiger partial charge is 0.246 e. The molecule has 0 aliphatic heterocycles. The van der Waals surface area contributed by atoms with E-state index in [0.29, 0.717) is 12.4 Å². The lowest BCUT2D eigenvalue weighted by molar-refractivity contribution is 0.340. The summed E-state index contributed by atoms with van der Waals surface area (Å²) in [5.74, 6) is 0.354. The van der Waals surface area contributed by atoms with E-state index in [1.165, 1.54) is 0 Å². The molecule has 1 N–H and O–H groups in total. The summed E-state index contributed by atoms with van der Waals surface area (Å²) in [5.41, 5.74) is 0.807. The normalized spacial score (nSPS) is 10.6. The Morgan fingerprint density at radius 3 is 2.67 bits per heavy atom. The van der Waals surface area contributed by atoms with Gasteiger partial charge in [-0.3, -0.25) is 0 Å². The standard InChI is InChI=1S/C17H15F2N3O2/c1-2-23-13-6-3-11(4-7-13)17-21-16(24-22-17)10-20-15-9-12(18)5-8-14(15)19/h3-9,20H,2,10H2,1H3. The summed E-state index contributed by atoms with van der Waals surface area (Å²) in [6, 6.07) is 10.4. The summed E-state index contributed by atoms with van der Waals surface area (Å²) >= 11 is 0. The van der Waals surface area contributed by atoms with E-state index in [-0.39, 0.29) is 18.1 Å². The second-order valence-electron chi connectivity index (χ2n) is 4.95. The van der Waals surface area contributed by atoms with Gasteiger partial charge in [0.2, 0.25) is 11.7 Å². The van der Waals surface area contributed by atoms with Crippen LogP contribution in [0.5, 0.6) is 5.75 Å². The van der Waals surface area contributed by atoms with Gasteiger partial charge in [-0.1, -0.05) is 5.16 Å². The van der Waals surface area contributed by atoms with Crippen LogP contribution in [0.1, 0.15) is 12.8 Å². The Balaban J connectivity index is 1.68. The van der Waals surface area contributed by atoms with Crippen molar-refractivity contribution in [2.75, 3.05) is 11.9 Å². The maximum atomic E-state index is 13.5. The van der Waals surface area contributed by atoms with Crippen molar-refractivity contribution in [2.24, 2.45) is 0 Å². The predicted molar refractivity (Wildman–Crippen MR) is 84.6 cm³/mol. The summed E-state index contributed by atoms with van der Waals surface area (Å²) in [4.78, 5) is 4.23. The van der Waals surface area contributed by atoms with E-state index in [9.17, 15) is 8.78 Å². The first kappa shape index (κ1) is 15.9. The Hall–Kier alpha value is -2.96. The molecule has 0 bridgehead atoms. The lowest BCUT2D eigenvalue weighted by Gasteiger charge is -2.04. The Morgan fingerprint density at radius 1 is 1.12 bits per heavy atom. The number of rotatable bonds is 6. The van der Waals surface area contributed by atoms with Crippen LogP contribution in [0.15, 0.2) is 47.0 Å². The SMILES string of the molecule is CCOc1ccc(-c2noc(CNc3cc(F)ccc3F)n2)cc1. The first-order valence-electron chi connectivity index (χ1n) is 7.40. The Kier molecular flexibility index (Phi) is 4.69. The van der Waals surface area contributed by atoms with Gasteiger partial charge < -0.3 is 14.6 Å². The molecule has 7 heteroatoms. The van der Waals surface area contributed by atoms with Crippen molar-refractivity contribution in [1.29, 1.82) is 0 Å². The lowest BCUT2D eigenvalue weighted by Crippen LogP contribution is -2.02. The zero-order valence-electron chi connectivity index (χ0n) is 12.9. The highest BCUT2D eigenvalue weighted by atomic mass is 19.1. The van der Waals surface area contributed by atoms with Crippen molar-refractivity contribution in [3.63, 3.8) is 0 Å². The third-order valence-corrected chi connectivity index (χ3v) is 3.25. The van der Waals surface area contributed by atoms with Crippen LogP contribution in [0.3, 0.4) is 0 Å². The van der Waals surface area contributed by atoms with Crippen LogP contribution in [-0.4, -0.2) is 16.7 Å². The molecular formula is C17H15F2N3O2. The minimum Gasteiger partial charge on any atom is -0.494 e. The molecule has 0 amide bonds. The molecule has 0 spiro atoms. The zero-order valence-corrected chi connectivity index (χ0v) is 12.9. The molecule has 0 unspecified atom stereocenters. The molecule has 0 aliphatic carbocycles. The summed E-state index contributed by atoms with van der Waals surface area (Å²) in [6.45, 7) is 2.59. The Labute approximate surface area is 137 Å². The number of benzene rings is 2. The third-order valence-electron chi connectivity index (χ3n) is 3.25. The average molecular weight is 331 g/mol. The highest BCUT2D eigenvalue weighted by molar-refractivity contribution is 5.55. The van der Waals surface area contributed by atoms with Gasteiger partial charge in [0.25, 0.3) is 0 Å². The third kappa shape index (κ3) is 3.68. The number of ether oxygens (including phenoxy) is 1. The number of nitrogens with zero attached hydrogens (tertiary/aromatic N) is 2. The van der Waals surface area contributed by atoms with Crippen LogP contribution in [0.4, 0.5) is 14.5 Å². The summed E-state index contributed by atoms with van der Waals surface area (Å²) in [5, 5.41) is 6.61.